The number of nitrogens with zero attached hydrogens (tertiary/aromatic N) is 4. The molecule has 0 amide bonds. The number of nitrogens with one attached hydrogen (secondary N) is 2. The molecule has 0 saturated carbocycles. The molecule has 18 heteroatoms. The maximum absolute atomic E-state index is 11.9. The van der Waals surface area contributed by atoms with E-state index < -0.39 is 42.4 Å². The first-order valence-electron chi connectivity index (χ1n) is 6.36. The first kappa shape index (κ1) is 28.4. The number of aromatic amines is 2. The molecule has 0 saturated heterocycles. The molecule has 0 unspecified atom stereocenters. The Labute approximate surface area is 159 Å². The molecule has 0 aromatic carbocycles. The summed E-state index contributed by atoms with van der Waals surface area (Å²) >= 11 is 0. The quantitative estimate of drug-likeness (QED) is 0.485. The maximum Gasteiger partial charge on any atom is 0.381 e. The molecule has 0 atom stereocenters. The van der Waals surface area contributed by atoms with Gasteiger partial charge in [-0.25, -0.2) is 15.1 Å². The van der Waals surface area contributed by atoms with Crippen LogP contribution in [0.5, 0.6) is 12.0 Å². The van der Waals surface area contributed by atoms with Gasteiger partial charge in [0, 0.05) is 4.53 Å². The van der Waals surface area contributed by atoms with Crippen molar-refractivity contribution in [3.63, 3.8) is 0 Å². The largest absolute Gasteiger partial charge is 0.427 e. The van der Waals surface area contributed by atoms with E-state index in [4.69, 9.17) is 0 Å². The van der Waals surface area contributed by atoms with Crippen LogP contribution in [0.25, 0.3) is 6.08 Å². The van der Waals surface area contributed by atoms with Crippen molar-refractivity contribution < 1.29 is 53.7 Å². The SMILES string of the molecule is C=C(F)F.C=C(F)F.FC(F)=Cc1n[nH]c(F)n1.FOc1n[nH]c(OC=C(F)F)n1. The molecule has 0 aliphatic rings. The molecule has 2 N–H and O–H groups in total. The Bertz CT molecular complexity index is 809. The zero-order chi connectivity index (χ0) is 23.7. The second-order valence-corrected chi connectivity index (χ2v) is 3.62. The smallest absolute Gasteiger partial charge is 0.381 e. The summed E-state index contributed by atoms with van der Waals surface area (Å²) in [5.41, 5.74) is 0. The molecule has 2 aromatic rings. The highest BCUT2D eigenvalue weighted by molar-refractivity contribution is 5.38. The highest BCUT2D eigenvalue weighted by Crippen LogP contribution is 2.09. The normalized spacial score (nSPS) is 8.60. The Hall–Kier alpha value is -3.86. The molecule has 0 radical (unpaired) electrons. The Morgan fingerprint density at radius 2 is 1.37 bits per heavy atom. The van der Waals surface area contributed by atoms with Gasteiger partial charge in [-0.1, -0.05) is 0 Å². The molecule has 30 heavy (non-hydrogen) atoms. The Morgan fingerprint density at radius 1 is 0.833 bits per heavy atom. The van der Waals surface area contributed by atoms with Crippen molar-refractivity contribution in [1.82, 2.24) is 30.4 Å². The minimum absolute atomic E-state index is 0.128. The average Bonchev–Trinajstić information content (AvgIpc) is 3.20. The molecule has 8 nitrogen and oxygen atoms in total. The molecule has 2 rings (SSSR count). The topological polar surface area (TPSA) is 102 Å². The Kier molecular flexibility index (Phi) is 15.2. The van der Waals surface area contributed by atoms with Crippen LogP contribution in [-0.2, 0) is 0 Å². The van der Waals surface area contributed by atoms with Crippen LogP contribution in [0.4, 0.5) is 44.0 Å². The predicted octanol–water partition coefficient (Wildman–Crippen LogP) is 5.16. The molecule has 168 valence electrons. The van der Waals surface area contributed by atoms with E-state index in [0.717, 1.165) is 0 Å². The van der Waals surface area contributed by atoms with Crippen LogP contribution < -0.4 is 9.68 Å². The standard InChI is InChI=1S/C4H2F3N3O2.C4H2F3N3.2C2H2F2/c5-2(6)1-11-3-8-4(12-7)10-9-3;5-2(6)1-3-8-4(7)10-9-3;2*1-2(3)4/h1H,(H,8,9,10);1H,(H,8,9,10);2*1H2. The van der Waals surface area contributed by atoms with Crippen LogP contribution in [0, 0.1) is 6.08 Å². The van der Waals surface area contributed by atoms with Gasteiger partial charge < -0.3 is 4.74 Å². The highest BCUT2D eigenvalue weighted by Gasteiger charge is 2.04. The maximum atomic E-state index is 11.9. The van der Waals surface area contributed by atoms with Crippen LogP contribution in [0.3, 0.4) is 0 Å². The van der Waals surface area contributed by atoms with Crippen molar-refractivity contribution in [2.45, 2.75) is 0 Å². The summed E-state index contributed by atoms with van der Waals surface area (Å²) in [6, 6.07) is -1.03. The third-order valence-corrected chi connectivity index (χ3v) is 1.49. The fraction of sp³-hybridized carbons (Fsp3) is 0. The highest BCUT2D eigenvalue weighted by atomic mass is 19.3. The lowest BCUT2D eigenvalue weighted by atomic mass is 10.6. The lowest BCUT2D eigenvalue weighted by Crippen LogP contribution is -1.84. The molecular formula is C12H8F10N6O2. The van der Waals surface area contributed by atoms with E-state index in [9.17, 15) is 44.0 Å². The van der Waals surface area contributed by atoms with Gasteiger partial charge in [-0.2, -0.15) is 49.6 Å². The van der Waals surface area contributed by atoms with E-state index in [2.05, 4.69) is 43.0 Å². The number of halogens is 10. The second-order valence-electron chi connectivity index (χ2n) is 3.62. The molecule has 0 aliphatic heterocycles. The van der Waals surface area contributed by atoms with Crippen molar-refractivity contribution in [2.24, 2.45) is 0 Å². The summed E-state index contributed by atoms with van der Waals surface area (Å²) in [7, 11) is 0. The minimum Gasteiger partial charge on any atom is -0.427 e. The van der Waals surface area contributed by atoms with E-state index >= 15 is 0 Å². The first-order chi connectivity index (χ1) is 13.9. The lowest BCUT2D eigenvalue weighted by Gasteiger charge is -1.88. The first-order valence-corrected chi connectivity index (χ1v) is 6.36. The van der Waals surface area contributed by atoms with Gasteiger partial charge in [-0.3, -0.25) is 0 Å². The van der Waals surface area contributed by atoms with Gasteiger partial charge in [0.05, 0.1) is 6.08 Å². The van der Waals surface area contributed by atoms with Crippen LogP contribution in [0.15, 0.2) is 43.7 Å². The predicted molar refractivity (Wildman–Crippen MR) is 78.3 cm³/mol. The van der Waals surface area contributed by atoms with Gasteiger partial charge in [0.15, 0.2) is 12.1 Å². The number of H-pyrrole nitrogens is 2. The van der Waals surface area contributed by atoms with Gasteiger partial charge >= 0.3 is 24.2 Å². The van der Waals surface area contributed by atoms with Gasteiger partial charge in [0.1, 0.15) is 0 Å². The van der Waals surface area contributed by atoms with E-state index in [1.807, 2.05) is 5.10 Å². The van der Waals surface area contributed by atoms with Crippen molar-refractivity contribution in [3.05, 3.63) is 55.6 Å². The monoisotopic (exact) mass is 458 g/mol. The van der Waals surface area contributed by atoms with E-state index in [-0.39, 0.29) is 12.1 Å². The zero-order valence-electron chi connectivity index (χ0n) is 14.0. The summed E-state index contributed by atoms with van der Waals surface area (Å²) in [4.78, 5) is 9.16. The van der Waals surface area contributed by atoms with Crippen molar-refractivity contribution in [2.75, 3.05) is 0 Å². The molecule has 0 fully saturated rings. The minimum atomic E-state index is -2.05. The number of ether oxygens (including phenoxy) is 1. The number of rotatable bonds is 4. The zero-order valence-corrected chi connectivity index (χ0v) is 14.0. The fourth-order valence-electron chi connectivity index (χ4n) is 0.836. The van der Waals surface area contributed by atoms with Crippen LogP contribution >= 0.6 is 0 Å². The van der Waals surface area contributed by atoms with Crippen LogP contribution in [0.1, 0.15) is 5.82 Å². The van der Waals surface area contributed by atoms with Crippen LogP contribution in [-0.4, -0.2) is 30.4 Å². The van der Waals surface area contributed by atoms with Gasteiger partial charge in [-0.05, 0) is 13.2 Å². The van der Waals surface area contributed by atoms with Crippen molar-refractivity contribution in [3.8, 4) is 12.0 Å². The summed E-state index contributed by atoms with van der Waals surface area (Å²) in [6.07, 6.45) is -8.16. The van der Waals surface area contributed by atoms with Gasteiger partial charge in [-0.15, -0.1) is 10.1 Å². The second kappa shape index (κ2) is 16.1. The average molecular weight is 458 g/mol. The summed E-state index contributed by atoms with van der Waals surface area (Å²) in [6.45, 7) is 4.44. The lowest BCUT2D eigenvalue weighted by molar-refractivity contribution is -0.0175. The molecule has 0 spiro atoms. The summed E-state index contributed by atoms with van der Waals surface area (Å²) in [5, 5.41) is 9.92. The van der Waals surface area contributed by atoms with Gasteiger partial charge in [0.2, 0.25) is 0 Å². The van der Waals surface area contributed by atoms with Crippen molar-refractivity contribution >= 4 is 6.08 Å². The van der Waals surface area contributed by atoms with E-state index in [0.29, 0.717) is 6.08 Å². The van der Waals surface area contributed by atoms with Crippen LogP contribution in [0.2, 0.25) is 0 Å². The third kappa shape index (κ3) is 20.5. The Balaban J connectivity index is 0. The van der Waals surface area contributed by atoms with Crippen molar-refractivity contribution in [1.29, 1.82) is 0 Å². The summed E-state index contributed by atoms with van der Waals surface area (Å²) in [5.74, 6) is -0.363. The van der Waals surface area contributed by atoms with Gasteiger partial charge in [0.25, 0.3) is 18.2 Å². The third-order valence-electron chi connectivity index (χ3n) is 1.49. The number of hydrogen-bond donors (Lipinski definition) is 2. The molecule has 2 heterocycles. The molecule has 0 bridgehead atoms. The molecular weight excluding hydrogens is 450 g/mol. The molecule has 2 aromatic heterocycles. The Morgan fingerprint density at radius 3 is 1.70 bits per heavy atom. The fourth-order valence-corrected chi connectivity index (χ4v) is 0.836. The molecule has 0 aliphatic carbocycles. The summed E-state index contributed by atoms with van der Waals surface area (Å²) < 4.78 is 113. The number of aromatic nitrogens is 6. The number of hydrogen-bond acceptors (Lipinski definition) is 6. The van der Waals surface area contributed by atoms with E-state index in [1.54, 1.807) is 5.10 Å². The van der Waals surface area contributed by atoms with E-state index in [1.165, 1.54) is 0 Å².